The van der Waals surface area contributed by atoms with E-state index in [1.807, 2.05) is 0 Å². The molecule has 0 aliphatic rings. The lowest BCUT2D eigenvalue weighted by molar-refractivity contribution is -0.295. The zero-order chi connectivity index (χ0) is 21.8. The van der Waals surface area contributed by atoms with Gasteiger partial charge in [-0.25, -0.2) is 0 Å². The minimum Gasteiger partial charge on any atom is -0.465 e. The number of halogens is 5. The van der Waals surface area contributed by atoms with E-state index in [0.29, 0.717) is 6.42 Å². The molecule has 28 heavy (non-hydrogen) atoms. The molecule has 166 valence electrons. The summed E-state index contributed by atoms with van der Waals surface area (Å²) in [6, 6.07) is 0. The molecule has 0 heterocycles. The second-order valence-corrected chi connectivity index (χ2v) is 6.82. The van der Waals surface area contributed by atoms with Gasteiger partial charge in [0.25, 0.3) is 0 Å². The average Bonchev–Trinajstić information content (AvgIpc) is 2.62. The Kier molecular flexibility index (Phi) is 11.6. The van der Waals surface area contributed by atoms with E-state index in [1.165, 1.54) is 20.3 Å². The highest BCUT2D eigenvalue weighted by atomic mass is 19.4. The molecule has 0 fully saturated rings. The Morgan fingerprint density at radius 2 is 1.18 bits per heavy atom. The van der Waals surface area contributed by atoms with Crippen LogP contribution in [-0.2, 0) is 19.1 Å². The van der Waals surface area contributed by atoms with Crippen molar-refractivity contribution in [1.82, 2.24) is 0 Å². The zero-order valence-corrected chi connectivity index (χ0v) is 16.8. The molecular formula is C19H31F5O4. The van der Waals surface area contributed by atoms with Crippen LogP contribution in [0.1, 0.15) is 78.6 Å². The molecule has 0 aliphatic carbocycles. The van der Waals surface area contributed by atoms with Gasteiger partial charge in [0.1, 0.15) is 0 Å². The van der Waals surface area contributed by atoms with Crippen LogP contribution < -0.4 is 0 Å². The van der Waals surface area contributed by atoms with E-state index in [4.69, 9.17) is 4.74 Å². The van der Waals surface area contributed by atoms with Crippen LogP contribution in [0.2, 0.25) is 0 Å². The Bertz CT molecular complexity index is 473. The summed E-state index contributed by atoms with van der Waals surface area (Å²) in [4.78, 5) is 24.5. The molecule has 0 aromatic carbocycles. The SMILES string of the molecule is CCCCCCCCCOC(=O)C(CC)(CC)C(=O)OCC(F)(F)C(F)(F)F. The van der Waals surface area contributed by atoms with Crippen molar-refractivity contribution >= 4 is 11.9 Å². The lowest BCUT2D eigenvalue weighted by atomic mass is 9.82. The first kappa shape index (κ1) is 26.6. The maximum Gasteiger partial charge on any atom is 0.456 e. The number of carbonyl (C=O) groups is 2. The Labute approximate surface area is 163 Å². The highest BCUT2D eigenvalue weighted by molar-refractivity contribution is 6.00. The molecule has 0 saturated heterocycles. The Morgan fingerprint density at radius 1 is 0.714 bits per heavy atom. The largest absolute Gasteiger partial charge is 0.465 e. The van der Waals surface area contributed by atoms with Crippen molar-refractivity contribution < 1.29 is 41.0 Å². The van der Waals surface area contributed by atoms with Crippen LogP contribution in [0.3, 0.4) is 0 Å². The van der Waals surface area contributed by atoms with Crippen molar-refractivity contribution in [3.05, 3.63) is 0 Å². The minimum absolute atomic E-state index is 0.0559. The highest BCUT2D eigenvalue weighted by Gasteiger charge is 2.59. The number of esters is 2. The first-order chi connectivity index (χ1) is 13.0. The predicted molar refractivity (Wildman–Crippen MR) is 93.9 cm³/mol. The molecule has 0 aliphatic heterocycles. The van der Waals surface area contributed by atoms with E-state index in [9.17, 15) is 31.5 Å². The molecule has 9 heteroatoms. The Hall–Kier alpha value is -1.41. The second-order valence-electron chi connectivity index (χ2n) is 6.82. The quantitative estimate of drug-likeness (QED) is 0.154. The average molecular weight is 418 g/mol. The molecule has 0 bridgehead atoms. The third-order valence-electron chi connectivity index (χ3n) is 4.77. The predicted octanol–water partition coefficient (Wildman–Crippen LogP) is 5.83. The van der Waals surface area contributed by atoms with Gasteiger partial charge in [-0.2, -0.15) is 22.0 Å². The molecule has 0 amide bonds. The van der Waals surface area contributed by atoms with Crippen LogP contribution in [0.25, 0.3) is 0 Å². The first-order valence-corrected chi connectivity index (χ1v) is 9.77. The van der Waals surface area contributed by atoms with Gasteiger partial charge in [0.2, 0.25) is 0 Å². The summed E-state index contributed by atoms with van der Waals surface area (Å²) < 4.78 is 71.8. The van der Waals surface area contributed by atoms with Crippen molar-refractivity contribution in [1.29, 1.82) is 0 Å². The van der Waals surface area contributed by atoms with Gasteiger partial charge in [-0.1, -0.05) is 59.3 Å². The fourth-order valence-corrected chi connectivity index (χ4v) is 2.65. The summed E-state index contributed by atoms with van der Waals surface area (Å²) in [6.45, 7) is 2.90. The molecule has 0 radical (unpaired) electrons. The number of hydrogen-bond acceptors (Lipinski definition) is 4. The van der Waals surface area contributed by atoms with Crippen LogP contribution in [0.15, 0.2) is 0 Å². The monoisotopic (exact) mass is 418 g/mol. The molecule has 0 N–H and O–H groups in total. The number of ether oxygens (including phenoxy) is 2. The van der Waals surface area contributed by atoms with E-state index in [-0.39, 0.29) is 19.4 Å². The van der Waals surface area contributed by atoms with Crippen LogP contribution >= 0.6 is 0 Å². The number of alkyl halides is 5. The summed E-state index contributed by atoms with van der Waals surface area (Å²) in [5.74, 6) is -7.56. The van der Waals surface area contributed by atoms with Crippen LogP contribution in [0.5, 0.6) is 0 Å². The first-order valence-electron chi connectivity index (χ1n) is 9.77. The third kappa shape index (κ3) is 7.91. The fourth-order valence-electron chi connectivity index (χ4n) is 2.65. The van der Waals surface area contributed by atoms with Gasteiger partial charge in [0, 0.05) is 0 Å². The minimum atomic E-state index is -5.84. The van der Waals surface area contributed by atoms with Gasteiger partial charge in [-0.15, -0.1) is 0 Å². The maximum atomic E-state index is 13.0. The van der Waals surface area contributed by atoms with E-state index in [0.717, 1.165) is 32.1 Å². The Morgan fingerprint density at radius 3 is 1.64 bits per heavy atom. The fraction of sp³-hybridized carbons (Fsp3) is 0.895. The molecule has 0 saturated carbocycles. The number of hydrogen-bond donors (Lipinski definition) is 0. The van der Waals surface area contributed by atoms with Crippen molar-refractivity contribution in [2.45, 2.75) is 90.7 Å². The zero-order valence-electron chi connectivity index (χ0n) is 16.8. The topological polar surface area (TPSA) is 52.6 Å². The lowest BCUT2D eigenvalue weighted by Gasteiger charge is -2.28. The number of carbonyl (C=O) groups excluding carboxylic acids is 2. The summed E-state index contributed by atoms with van der Waals surface area (Å²) in [7, 11) is 0. The number of unbranched alkanes of at least 4 members (excludes halogenated alkanes) is 6. The normalized spacial score (nSPS) is 12.7. The summed E-state index contributed by atoms with van der Waals surface area (Å²) in [6.07, 6.45) is 0.830. The van der Waals surface area contributed by atoms with E-state index < -0.39 is 36.1 Å². The van der Waals surface area contributed by atoms with Gasteiger partial charge < -0.3 is 9.47 Å². The van der Waals surface area contributed by atoms with Crippen LogP contribution in [0.4, 0.5) is 22.0 Å². The van der Waals surface area contributed by atoms with Crippen LogP contribution in [0, 0.1) is 5.41 Å². The Balaban J connectivity index is 4.62. The molecule has 4 nitrogen and oxygen atoms in total. The lowest BCUT2D eigenvalue weighted by Crippen LogP contribution is -2.46. The van der Waals surface area contributed by atoms with Crippen molar-refractivity contribution in [3.63, 3.8) is 0 Å². The number of rotatable bonds is 14. The van der Waals surface area contributed by atoms with Crippen molar-refractivity contribution in [3.8, 4) is 0 Å². The third-order valence-corrected chi connectivity index (χ3v) is 4.77. The van der Waals surface area contributed by atoms with Crippen LogP contribution in [-0.4, -0.2) is 37.3 Å². The molecule has 0 aromatic heterocycles. The highest BCUT2D eigenvalue weighted by Crippen LogP contribution is 2.37. The second kappa shape index (κ2) is 12.2. The van der Waals surface area contributed by atoms with E-state index in [1.54, 1.807) is 0 Å². The van der Waals surface area contributed by atoms with Crippen molar-refractivity contribution in [2.24, 2.45) is 5.41 Å². The summed E-state index contributed by atoms with van der Waals surface area (Å²) in [5, 5.41) is 0. The molecule has 0 unspecified atom stereocenters. The molecule has 0 rings (SSSR count). The van der Waals surface area contributed by atoms with Gasteiger partial charge in [-0.05, 0) is 19.3 Å². The smallest absolute Gasteiger partial charge is 0.456 e. The summed E-state index contributed by atoms with van der Waals surface area (Å²) in [5.41, 5.74) is -1.89. The molecular weight excluding hydrogens is 387 g/mol. The van der Waals surface area contributed by atoms with Crippen molar-refractivity contribution in [2.75, 3.05) is 13.2 Å². The molecule has 0 aromatic rings. The molecule has 0 spiro atoms. The van der Waals surface area contributed by atoms with E-state index >= 15 is 0 Å². The van der Waals surface area contributed by atoms with Gasteiger partial charge in [0.05, 0.1) is 6.61 Å². The summed E-state index contributed by atoms with van der Waals surface area (Å²) >= 11 is 0. The van der Waals surface area contributed by atoms with Gasteiger partial charge >= 0.3 is 24.0 Å². The molecule has 0 atom stereocenters. The van der Waals surface area contributed by atoms with E-state index in [2.05, 4.69) is 11.7 Å². The standard InChI is InChI=1S/C19H31F5O4/c1-4-7-8-9-10-11-12-13-27-15(25)17(5-2,6-3)16(26)28-14-18(20,21)19(22,23)24/h4-14H2,1-3H3. The maximum absolute atomic E-state index is 13.0. The van der Waals surface area contributed by atoms with Gasteiger partial charge in [0.15, 0.2) is 12.0 Å². The van der Waals surface area contributed by atoms with Gasteiger partial charge in [-0.3, -0.25) is 9.59 Å².